The van der Waals surface area contributed by atoms with Gasteiger partial charge < -0.3 is 5.73 Å². The molecule has 2 aromatic heterocycles. The van der Waals surface area contributed by atoms with Crippen molar-refractivity contribution in [3.05, 3.63) is 90.3 Å². The Bertz CT molecular complexity index is 1650. The van der Waals surface area contributed by atoms with Crippen molar-refractivity contribution in [1.29, 1.82) is 0 Å². The van der Waals surface area contributed by atoms with Gasteiger partial charge in [0.1, 0.15) is 11.4 Å². The number of anilines is 1. The van der Waals surface area contributed by atoms with Crippen molar-refractivity contribution in [2.45, 2.75) is 19.0 Å². The zero-order chi connectivity index (χ0) is 24.7. The first-order chi connectivity index (χ1) is 16.1. The number of carbonyl (C=O) groups is 1. The molecule has 2 aromatic carbocycles. The number of fused-ring (bicyclic) bond motifs is 1. The molecule has 0 bridgehead atoms. The fourth-order valence-electron chi connectivity index (χ4n) is 3.80. The van der Waals surface area contributed by atoms with Crippen LogP contribution in [-0.2, 0) is 14.1 Å². The van der Waals surface area contributed by atoms with Crippen LogP contribution in [0.15, 0.2) is 62.0 Å². The van der Waals surface area contributed by atoms with Gasteiger partial charge in [0.2, 0.25) is 0 Å². The highest BCUT2D eigenvalue weighted by Gasteiger charge is 2.22. The number of nitrogen functional groups attached to an aromatic ring is 1. The van der Waals surface area contributed by atoms with Crippen LogP contribution in [0.2, 0.25) is 0 Å². The summed E-state index contributed by atoms with van der Waals surface area (Å²) < 4.78 is 3.38. The number of hydrogen-bond donors (Lipinski definition) is 1. The van der Waals surface area contributed by atoms with Crippen molar-refractivity contribution in [3.63, 3.8) is 0 Å². The molecule has 0 unspecified atom stereocenters. The molecule has 0 amide bonds. The molecule has 0 atom stereocenters. The largest absolute Gasteiger partial charge is 0.384 e. The van der Waals surface area contributed by atoms with E-state index in [0.717, 1.165) is 32.0 Å². The molecule has 4 aromatic rings. The molecule has 0 saturated carbocycles. The molecule has 0 radical (unpaired) electrons. The van der Waals surface area contributed by atoms with Gasteiger partial charge in [-0.25, -0.2) is 9.78 Å². The van der Waals surface area contributed by atoms with E-state index in [1.807, 2.05) is 32.0 Å². The molecule has 0 aliphatic heterocycles. The Morgan fingerprint density at radius 1 is 1.00 bits per heavy atom. The van der Waals surface area contributed by atoms with Crippen LogP contribution in [-0.4, -0.2) is 30.2 Å². The van der Waals surface area contributed by atoms with Gasteiger partial charge in [0.15, 0.2) is 10.9 Å². The Morgan fingerprint density at radius 3 is 2.41 bits per heavy atom. The second-order valence-electron chi connectivity index (χ2n) is 8.02. The van der Waals surface area contributed by atoms with E-state index in [9.17, 15) is 19.2 Å². The number of nitrogens with two attached hydrogens (primary N) is 1. The van der Waals surface area contributed by atoms with Crippen molar-refractivity contribution in [2.75, 3.05) is 11.5 Å². The summed E-state index contributed by atoms with van der Waals surface area (Å²) in [6.45, 7) is 3.86. The van der Waals surface area contributed by atoms with Gasteiger partial charge in [-0.2, -0.15) is 0 Å². The number of carbonyl (C=O) groups excluding carboxylic acids is 1. The predicted octanol–water partition coefficient (Wildman–Crippen LogP) is 1.96. The van der Waals surface area contributed by atoms with Crippen LogP contribution in [0, 0.1) is 13.8 Å². The van der Waals surface area contributed by atoms with Crippen LogP contribution in [0.3, 0.4) is 0 Å². The lowest BCUT2D eigenvalue weighted by molar-refractivity contribution is 0.102. The smallest absolute Gasteiger partial charge is 0.332 e. The maximum absolute atomic E-state index is 13.4. The normalized spacial score (nSPS) is 11.2. The summed E-state index contributed by atoms with van der Waals surface area (Å²) in [5.74, 6) is -0.960. The van der Waals surface area contributed by atoms with E-state index in [4.69, 9.17) is 5.73 Å². The molecular weight excluding hydrogens is 454 g/mol. The quantitative estimate of drug-likeness (QED) is 0.265. The Labute approximate surface area is 198 Å². The molecule has 0 saturated heterocycles. The summed E-state index contributed by atoms with van der Waals surface area (Å²) in [6.07, 6.45) is 0. The van der Waals surface area contributed by atoms with Crippen LogP contribution < -0.4 is 22.5 Å². The first-order valence-corrected chi connectivity index (χ1v) is 11.4. The third kappa shape index (κ3) is 3.86. The van der Waals surface area contributed by atoms with Crippen LogP contribution in [0.1, 0.15) is 21.5 Å². The van der Waals surface area contributed by atoms with Gasteiger partial charge in [0.05, 0.1) is 22.3 Å². The zero-order valence-electron chi connectivity index (χ0n) is 19.2. The fraction of sp³-hybridized carbons (Fsp3) is 0.208. The van der Waals surface area contributed by atoms with Crippen LogP contribution in [0.4, 0.5) is 5.82 Å². The number of Topliss-reactive ketones (excluding diaryl/α,β-unsaturated/α-hetero) is 1. The second-order valence-corrected chi connectivity index (χ2v) is 8.96. The third-order valence-corrected chi connectivity index (χ3v) is 6.60. The van der Waals surface area contributed by atoms with Gasteiger partial charge in [-0.3, -0.25) is 28.1 Å². The topological polar surface area (TPSA) is 122 Å². The van der Waals surface area contributed by atoms with Gasteiger partial charge in [0.25, 0.3) is 11.1 Å². The predicted molar refractivity (Wildman–Crippen MR) is 133 cm³/mol. The first-order valence-electron chi connectivity index (χ1n) is 10.4. The monoisotopic (exact) mass is 477 g/mol. The molecule has 174 valence electrons. The molecular formula is C24H23N5O4S. The molecule has 0 aliphatic rings. The van der Waals surface area contributed by atoms with E-state index < -0.39 is 17.0 Å². The van der Waals surface area contributed by atoms with Crippen LogP contribution in [0.25, 0.3) is 16.6 Å². The average Bonchev–Trinajstić information content (AvgIpc) is 2.81. The third-order valence-electron chi connectivity index (χ3n) is 5.66. The van der Waals surface area contributed by atoms with Gasteiger partial charge in [0, 0.05) is 14.1 Å². The summed E-state index contributed by atoms with van der Waals surface area (Å²) in [4.78, 5) is 55.8. The number of thioether (sulfide) groups is 1. The number of para-hydroxylation sites is 1. The number of aryl methyl sites for hydroxylation is 2. The zero-order valence-corrected chi connectivity index (χ0v) is 20.0. The van der Waals surface area contributed by atoms with E-state index >= 15 is 0 Å². The van der Waals surface area contributed by atoms with Gasteiger partial charge >= 0.3 is 5.69 Å². The average molecular weight is 478 g/mol. The molecule has 0 spiro atoms. The molecule has 9 nitrogen and oxygen atoms in total. The highest BCUT2D eigenvalue weighted by atomic mass is 32.2. The Kier molecular flexibility index (Phi) is 6.01. The van der Waals surface area contributed by atoms with Crippen molar-refractivity contribution < 1.29 is 4.79 Å². The number of ketones is 1. The van der Waals surface area contributed by atoms with E-state index in [2.05, 4.69) is 4.98 Å². The van der Waals surface area contributed by atoms with Gasteiger partial charge in [-0.05, 0) is 37.6 Å². The number of aromatic nitrogens is 4. The second kappa shape index (κ2) is 8.79. The maximum Gasteiger partial charge on any atom is 0.332 e. The maximum atomic E-state index is 13.4. The molecule has 34 heavy (non-hydrogen) atoms. The van der Waals surface area contributed by atoms with Crippen molar-refractivity contribution in [1.82, 2.24) is 18.7 Å². The SMILES string of the molecule is Cc1ccc(-n2c(SCC(=O)c3c(N)n(C)c(=O)n(C)c3=O)nc3ccccc3c2=O)c(C)c1. The van der Waals surface area contributed by atoms with E-state index in [-0.39, 0.29) is 22.7 Å². The minimum Gasteiger partial charge on any atom is -0.384 e. The summed E-state index contributed by atoms with van der Waals surface area (Å²) in [7, 11) is 2.68. The number of rotatable bonds is 5. The van der Waals surface area contributed by atoms with Gasteiger partial charge in [-0.1, -0.05) is 41.6 Å². The Morgan fingerprint density at radius 2 is 1.71 bits per heavy atom. The minimum absolute atomic E-state index is 0.197. The number of nitrogens with zero attached hydrogens (tertiary/aromatic N) is 4. The number of benzene rings is 2. The Balaban J connectivity index is 1.83. The fourth-order valence-corrected chi connectivity index (χ4v) is 4.68. The molecule has 10 heteroatoms. The molecule has 2 N–H and O–H groups in total. The Hall–Kier alpha value is -3.92. The van der Waals surface area contributed by atoms with Crippen molar-refractivity contribution in [2.24, 2.45) is 14.1 Å². The molecule has 2 heterocycles. The lowest BCUT2D eigenvalue weighted by Gasteiger charge is -2.16. The van der Waals surface area contributed by atoms with E-state index in [1.165, 1.54) is 18.7 Å². The molecule has 0 fully saturated rings. The van der Waals surface area contributed by atoms with Gasteiger partial charge in [-0.15, -0.1) is 0 Å². The summed E-state index contributed by atoms with van der Waals surface area (Å²) in [6, 6.07) is 12.7. The molecule has 4 rings (SSSR count). The minimum atomic E-state index is -0.760. The summed E-state index contributed by atoms with van der Waals surface area (Å²) in [5, 5.41) is 0.763. The summed E-state index contributed by atoms with van der Waals surface area (Å²) >= 11 is 1.03. The number of hydrogen-bond acceptors (Lipinski definition) is 7. The summed E-state index contributed by atoms with van der Waals surface area (Å²) in [5.41, 5.74) is 7.10. The lowest BCUT2D eigenvalue weighted by Crippen LogP contribution is -2.41. The van der Waals surface area contributed by atoms with Crippen molar-refractivity contribution >= 4 is 34.3 Å². The highest BCUT2D eigenvalue weighted by Crippen LogP contribution is 2.24. The van der Waals surface area contributed by atoms with E-state index in [0.29, 0.717) is 21.7 Å². The van der Waals surface area contributed by atoms with Crippen molar-refractivity contribution in [3.8, 4) is 5.69 Å². The van der Waals surface area contributed by atoms with Crippen LogP contribution >= 0.6 is 11.8 Å². The standard InChI is InChI=1S/C24H23N5O4S/c1-13-9-10-17(14(2)11-13)29-21(31)15-7-5-6-8-16(15)26-23(29)34-12-18(30)19-20(25)27(3)24(33)28(4)22(19)32/h5-11H,12,25H2,1-4H3. The first kappa shape index (κ1) is 23.2. The van der Waals surface area contributed by atoms with E-state index in [1.54, 1.807) is 24.3 Å². The lowest BCUT2D eigenvalue weighted by atomic mass is 10.1. The molecule has 0 aliphatic carbocycles. The highest BCUT2D eigenvalue weighted by molar-refractivity contribution is 7.99. The van der Waals surface area contributed by atoms with Crippen LogP contribution in [0.5, 0.6) is 0 Å².